The molecule has 7 rings (SSSR count). The highest BCUT2D eigenvalue weighted by Gasteiger charge is 2.16. The highest BCUT2D eigenvalue weighted by atomic mass is 16.3. The van der Waals surface area contributed by atoms with Crippen LogP contribution in [-0.2, 0) is 0 Å². The van der Waals surface area contributed by atoms with E-state index in [-0.39, 0.29) is 0 Å². The van der Waals surface area contributed by atoms with E-state index in [1.165, 1.54) is 5.39 Å². The van der Waals surface area contributed by atoms with Gasteiger partial charge in [0.1, 0.15) is 22.5 Å². The first-order chi connectivity index (χ1) is 15.8. The van der Waals surface area contributed by atoms with E-state index in [4.69, 9.17) is 14.4 Å². The molecule has 0 N–H and O–H groups in total. The van der Waals surface area contributed by atoms with Crippen molar-refractivity contribution in [2.45, 2.75) is 0 Å². The number of nitrogens with zero attached hydrogens (tertiary/aromatic N) is 3. The van der Waals surface area contributed by atoms with Gasteiger partial charge in [0.15, 0.2) is 0 Å². The van der Waals surface area contributed by atoms with Gasteiger partial charge in [-0.15, -0.1) is 0 Å². The molecule has 0 fully saturated rings. The van der Waals surface area contributed by atoms with Crippen molar-refractivity contribution in [3.8, 4) is 22.5 Å². The number of pyridine rings is 2. The van der Waals surface area contributed by atoms with E-state index in [1.54, 1.807) is 0 Å². The second-order valence-corrected chi connectivity index (χ2v) is 7.97. The van der Waals surface area contributed by atoms with Crippen molar-refractivity contribution in [3.63, 3.8) is 0 Å². The maximum Gasteiger partial charge on any atom is 0.143 e. The molecule has 0 radical (unpaired) electrons. The van der Waals surface area contributed by atoms with Gasteiger partial charge >= 0.3 is 0 Å². The molecule has 0 saturated carbocycles. The molecule has 4 heteroatoms. The molecule has 4 aromatic heterocycles. The Morgan fingerprint density at radius 2 is 1.56 bits per heavy atom. The normalized spacial score (nSPS) is 11.8. The van der Waals surface area contributed by atoms with E-state index in [0.29, 0.717) is 0 Å². The maximum atomic E-state index is 6.36. The average molecular weight is 411 g/mol. The summed E-state index contributed by atoms with van der Waals surface area (Å²) < 4.78 is 8.36. The molecule has 0 aliphatic carbocycles. The molecule has 0 atom stereocenters. The van der Waals surface area contributed by atoms with Gasteiger partial charge in [0.2, 0.25) is 0 Å². The van der Waals surface area contributed by atoms with Gasteiger partial charge in [-0.3, -0.25) is 4.98 Å². The Morgan fingerprint density at radius 1 is 0.719 bits per heavy atom. The molecule has 0 unspecified atom stereocenters. The second-order valence-electron chi connectivity index (χ2n) is 7.97. The lowest BCUT2D eigenvalue weighted by Gasteiger charge is -2.09. The molecule has 0 aliphatic rings. The van der Waals surface area contributed by atoms with E-state index in [2.05, 4.69) is 48.5 Å². The summed E-state index contributed by atoms with van der Waals surface area (Å²) in [6, 6.07) is 29.0. The Morgan fingerprint density at radius 3 is 2.44 bits per heavy atom. The van der Waals surface area contributed by atoms with Crippen molar-refractivity contribution in [1.82, 2.24) is 14.4 Å². The van der Waals surface area contributed by atoms with Crippen molar-refractivity contribution < 1.29 is 4.42 Å². The van der Waals surface area contributed by atoms with Crippen LogP contribution in [-0.4, -0.2) is 14.4 Å². The third-order valence-electron chi connectivity index (χ3n) is 6.07. The zero-order valence-corrected chi connectivity index (χ0v) is 17.1. The number of fused-ring (bicyclic) bond motifs is 5. The number of hydrogen-bond donors (Lipinski definition) is 0. The van der Waals surface area contributed by atoms with Crippen LogP contribution in [0.15, 0.2) is 108 Å². The summed E-state index contributed by atoms with van der Waals surface area (Å²) in [5.41, 5.74) is 6.50. The predicted molar refractivity (Wildman–Crippen MR) is 129 cm³/mol. The van der Waals surface area contributed by atoms with Crippen LogP contribution in [0, 0.1) is 0 Å². The van der Waals surface area contributed by atoms with Gasteiger partial charge in [0, 0.05) is 40.5 Å². The Kier molecular flexibility index (Phi) is 3.52. The number of aromatic nitrogens is 3. The molecule has 0 amide bonds. The second kappa shape index (κ2) is 6.53. The quantitative estimate of drug-likeness (QED) is 0.304. The van der Waals surface area contributed by atoms with Gasteiger partial charge in [0.25, 0.3) is 0 Å². The smallest absolute Gasteiger partial charge is 0.143 e. The lowest BCUT2D eigenvalue weighted by atomic mass is 9.96. The zero-order valence-electron chi connectivity index (χ0n) is 17.1. The first kappa shape index (κ1) is 17.3. The number of furan rings is 1. The van der Waals surface area contributed by atoms with Crippen LogP contribution in [0.25, 0.3) is 60.9 Å². The topological polar surface area (TPSA) is 43.3 Å². The molecule has 0 saturated heterocycles. The van der Waals surface area contributed by atoms with E-state index >= 15 is 0 Å². The van der Waals surface area contributed by atoms with Crippen molar-refractivity contribution in [3.05, 3.63) is 104 Å². The van der Waals surface area contributed by atoms with Crippen molar-refractivity contribution in [2.24, 2.45) is 0 Å². The van der Waals surface area contributed by atoms with Crippen LogP contribution in [0.4, 0.5) is 0 Å². The first-order valence-corrected chi connectivity index (χ1v) is 10.6. The minimum atomic E-state index is 0.846. The Hall–Kier alpha value is -4.44. The molecule has 0 aliphatic heterocycles. The van der Waals surface area contributed by atoms with Crippen molar-refractivity contribution in [1.29, 1.82) is 0 Å². The van der Waals surface area contributed by atoms with Crippen LogP contribution in [0.2, 0.25) is 0 Å². The van der Waals surface area contributed by atoms with E-state index in [0.717, 1.165) is 55.5 Å². The number of rotatable bonds is 2. The third-order valence-corrected chi connectivity index (χ3v) is 6.07. The molecular weight excluding hydrogens is 394 g/mol. The van der Waals surface area contributed by atoms with Gasteiger partial charge < -0.3 is 8.82 Å². The zero-order chi connectivity index (χ0) is 21.1. The molecule has 7 aromatic rings. The predicted octanol–water partition coefficient (Wildman–Crippen LogP) is 7.12. The summed E-state index contributed by atoms with van der Waals surface area (Å²) in [4.78, 5) is 9.47. The molecule has 4 heterocycles. The fourth-order valence-electron chi connectivity index (χ4n) is 4.56. The summed E-state index contributed by atoms with van der Waals surface area (Å²) in [7, 11) is 0. The standard InChI is InChI=1S/C28H17N3O/c1-2-8-20-18(7-1)15-22-21-9-3-4-10-25(21)32-28(22)27(20)19-12-13-23(29-16-19)24-17-31-14-6-5-11-26(31)30-24/h1-17H. The third kappa shape index (κ3) is 2.50. The molecule has 32 heavy (non-hydrogen) atoms. The minimum absolute atomic E-state index is 0.846. The van der Waals surface area contributed by atoms with Crippen LogP contribution in [0.5, 0.6) is 0 Å². The summed E-state index contributed by atoms with van der Waals surface area (Å²) in [5.74, 6) is 0. The van der Waals surface area contributed by atoms with E-state index < -0.39 is 0 Å². The maximum absolute atomic E-state index is 6.36. The Balaban J connectivity index is 1.46. The van der Waals surface area contributed by atoms with Crippen molar-refractivity contribution in [2.75, 3.05) is 0 Å². The molecular formula is C28H17N3O. The lowest BCUT2D eigenvalue weighted by Crippen LogP contribution is -1.87. The van der Waals surface area contributed by atoms with E-state index in [9.17, 15) is 0 Å². The van der Waals surface area contributed by atoms with Gasteiger partial charge in [-0.2, -0.15) is 0 Å². The van der Waals surface area contributed by atoms with Crippen LogP contribution < -0.4 is 0 Å². The first-order valence-electron chi connectivity index (χ1n) is 10.6. The molecule has 4 nitrogen and oxygen atoms in total. The fraction of sp³-hybridized carbons (Fsp3) is 0. The number of para-hydroxylation sites is 1. The van der Waals surface area contributed by atoms with Gasteiger partial charge in [-0.05, 0) is 41.1 Å². The van der Waals surface area contributed by atoms with Gasteiger partial charge in [-0.25, -0.2) is 4.98 Å². The van der Waals surface area contributed by atoms with Crippen LogP contribution in [0.3, 0.4) is 0 Å². The highest BCUT2D eigenvalue weighted by Crippen LogP contribution is 2.41. The summed E-state index contributed by atoms with van der Waals surface area (Å²) in [6.45, 7) is 0. The van der Waals surface area contributed by atoms with Crippen LogP contribution in [0.1, 0.15) is 0 Å². The van der Waals surface area contributed by atoms with Crippen LogP contribution >= 0.6 is 0 Å². The molecule has 0 bridgehead atoms. The molecule has 3 aromatic carbocycles. The average Bonchev–Trinajstić information content (AvgIpc) is 3.44. The molecule has 150 valence electrons. The Bertz CT molecular complexity index is 1740. The van der Waals surface area contributed by atoms with Gasteiger partial charge in [0.05, 0.1) is 5.69 Å². The highest BCUT2D eigenvalue weighted by molar-refractivity contribution is 6.18. The molecule has 0 spiro atoms. The summed E-state index contributed by atoms with van der Waals surface area (Å²) in [6.07, 6.45) is 5.93. The minimum Gasteiger partial charge on any atom is -0.455 e. The SMILES string of the molecule is c1ccc2c(-c3ccc(-c4cn5ccccc5n4)nc3)c3oc4ccccc4c3cc2c1. The van der Waals surface area contributed by atoms with Gasteiger partial charge in [-0.1, -0.05) is 54.6 Å². The number of imidazole rings is 1. The largest absolute Gasteiger partial charge is 0.455 e. The fourth-order valence-corrected chi connectivity index (χ4v) is 4.56. The number of benzene rings is 3. The monoisotopic (exact) mass is 411 g/mol. The van der Waals surface area contributed by atoms with Crippen molar-refractivity contribution >= 4 is 38.4 Å². The summed E-state index contributed by atoms with van der Waals surface area (Å²) >= 11 is 0. The number of hydrogen-bond acceptors (Lipinski definition) is 3. The summed E-state index contributed by atoms with van der Waals surface area (Å²) in [5, 5.41) is 4.59. The lowest BCUT2D eigenvalue weighted by molar-refractivity contribution is 0.670. The van der Waals surface area contributed by atoms with E-state index in [1.807, 2.05) is 59.4 Å². The Labute approximate surface area is 183 Å².